The number of carbonyl (C=O) groups excluding carboxylic acids is 2. The normalized spacial score (nSPS) is 26.5. The van der Waals surface area contributed by atoms with Crippen molar-refractivity contribution >= 4 is 11.8 Å². The molecular formula is C18H32N4O4. The van der Waals surface area contributed by atoms with Gasteiger partial charge in [0.2, 0.25) is 11.8 Å². The van der Waals surface area contributed by atoms with Crippen LogP contribution in [-0.4, -0.2) is 99.4 Å². The fraction of sp³-hybridized carbons (Fsp3) is 0.889. The highest BCUT2D eigenvalue weighted by Crippen LogP contribution is 2.11. The molecule has 0 aromatic carbocycles. The van der Waals surface area contributed by atoms with E-state index in [1.54, 1.807) is 0 Å². The minimum absolute atomic E-state index is 0.103. The Kier molecular flexibility index (Phi) is 7.67. The van der Waals surface area contributed by atoms with Crippen LogP contribution in [0.3, 0.4) is 0 Å². The third-order valence-corrected chi connectivity index (χ3v) is 5.33. The van der Waals surface area contributed by atoms with Gasteiger partial charge in [-0.2, -0.15) is 0 Å². The van der Waals surface area contributed by atoms with Gasteiger partial charge in [0.15, 0.2) is 0 Å². The molecule has 0 aromatic rings. The molecule has 0 bridgehead atoms. The van der Waals surface area contributed by atoms with Crippen LogP contribution in [0.25, 0.3) is 0 Å². The SMILES string of the molecule is O=C(CNC[C@H]1CCCO1)N1CCN(C(=O)CNC[C@@H]2CCCO2)CC1. The molecule has 0 spiro atoms. The molecule has 0 radical (unpaired) electrons. The lowest BCUT2D eigenvalue weighted by atomic mass is 10.2. The van der Waals surface area contributed by atoms with E-state index in [0.29, 0.717) is 39.3 Å². The number of carbonyl (C=O) groups is 2. The fourth-order valence-electron chi connectivity index (χ4n) is 3.72. The maximum absolute atomic E-state index is 12.3. The maximum atomic E-state index is 12.3. The van der Waals surface area contributed by atoms with Gasteiger partial charge in [-0.05, 0) is 25.7 Å². The lowest BCUT2D eigenvalue weighted by molar-refractivity contribution is -0.138. The number of rotatable bonds is 8. The Bertz CT molecular complexity index is 414. The van der Waals surface area contributed by atoms with Gasteiger partial charge in [0.1, 0.15) is 0 Å². The van der Waals surface area contributed by atoms with Crippen molar-refractivity contribution in [2.45, 2.75) is 37.9 Å². The van der Waals surface area contributed by atoms with Crippen molar-refractivity contribution in [2.75, 3.05) is 65.6 Å². The van der Waals surface area contributed by atoms with Crippen molar-refractivity contribution in [3.8, 4) is 0 Å². The number of hydrogen-bond acceptors (Lipinski definition) is 6. The van der Waals surface area contributed by atoms with Crippen LogP contribution in [0.4, 0.5) is 0 Å². The van der Waals surface area contributed by atoms with Crippen LogP contribution in [0.5, 0.6) is 0 Å². The van der Waals surface area contributed by atoms with Crippen LogP contribution in [0.15, 0.2) is 0 Å². The highest BCUT2D eigenvalue weighted by atomic mass is 16.5. The number of hydrogen-bond donors (Lipinski definition) is 2. The average molecular weight is 368 g/mol. The molecule has 3 aliphatic rings. The van der Waals surface area contributed by atoms with Gasteiger partial charge in [0.05, 0.1) is 25.3 Å². The number of nitrogens with one attached hydrogen (secondary N) is 2. The topological polar surface area (TPSA) is 83.1 Å². The van der Waals surface area contributed by atoms with Crippen molar-refractivity contribution in [1.29, 1.82) is 0 Å². The van der Waals surface area contributed by atoms with Crippen molar-refractivity contribution < 1.29 is 19.1 Å². The first-order chi connectivity index (χ1) is 12.7. The van der Waals surface area contributed by atoms with Crippen LogP contribution in [0, 0.1) is 0 Å². The van der Waals surface area contributed by atoms with E-state index in [-0.39, 0.29) is 24.0 Å². The first-order valence-electron chi connectivity index (χ1n) is 9.92. The number of nitrogens with zero attached hydrogens (tertiary/aromatic N) is 2. The molecule has 0 aliphatic carbocycles. The highest BCUT2D eigenvalue weighted by Gasteiger charge is 2.24. The Labute approximate surface area is 155 Å². The summed E-state index contributed by atoms with van der Waals surface area (Å²) in [6.45, 7) is 6.26. The fourth-order valence-corrected chi connectivity index (χ4v) is 3.72. The van der Waals surface area contributed by atoms with E-state index < -0.39 is 0 Å². The van der Waals surface area contributed by atoms with Gasteiger partial charge < -0.3 is 29.9 Å². The van der Waals surface area contributed by atoms with Crippen LogP contribution in [-0.2, 0) is 19.1 Å². The molecule has 8 nitrogen and oxygen atoms in total. The van der Waals surface area contributed by atoms with E-state index in [2.05, 4.69) is 10.6 Å². The molecule has 148 valence electrons. The summed E-state index contributed by atoms with van der Waals surface area (Å²) < 4.78 is 11.1. The van der Waals surface area contributed by atoms with E-state index in [9.17, 15) is 9.59 Å². The molecular weight excluding hydrogens is 336 g/mol. The molecule has 26 heavy (non-hydrogen) atoms. The Hall–Kier alpha value is -1.22. The Morgan fingerprint density at radius 2 is 1.19 bits per heavy atom. The lowest BCUT2D eigenvalue weighted by Gasteiger charge is -2.35. The lowest BCUT2D eigenvalue weighted by Crippen LogP contribution is -2.54. The summed E-state index contributed by atoms with van der Waals surface area (Å²) in [7, 11) is 0. The van der Waals surface area contributed by atoms with Crippen LogP contribution in [0.2, 0.25) is 0 Å². The molecule has 0 aromatic heterocycles. The maximum Gasteiger partial charge on any atom is 0.236 e. The van der Waals surface area contributed by atoms with Crippen molar-refractivity contribution in [3.63, 3.8) is 0 Å². The third kappa shape index (κ3) is 5.90. The first-order valence-corrected chi connectivity index (χ1v) is 9.92. The van der Waals surface area contributed by atoms with E-state index in [1.165, 1.54) is 0 Å². The zero-order chi connectivity index (χ0) is 18.2. The molecule has 2 amide bonds. The predicted octanol–water partition coefficient (Wildman–Crippen LogP) is -0.806. The van der Waals surface area contributed by atoms with Crippen molar-refractivity contribution in [1.82, 2.24) is 20.4 Å². The number of amides is 2. The van der Waals surface area contributed by atoms with Crippen LogP contribution >= 0.6 is 0 Å². The molecule has 3 aliphatic heterocycles. The Balaban J connectivity index is 1.26. The molecule has 0 unspecified atom stereocenters. The summed E-state index contributed by atoms with van der Waals surface area (Å²) in [6, 6.07) is 0. The molecule has 3 saturated heterocycles. The number of piperazine rings is 1. The second-order valence-electron chi connectivity index (χ2n) is 7.29. The summed E-state index contributed by atoms with van der Waals surface area (Å²) in [5.41, 5.74) is 0. The summed E-state index contributed by atoms with van der Waals surface area (Å²) in [6.07, 6.45) is 4.86. The standard InChI is InChI=1S/C18H32N4O4/c23-17(13-19-11-15-3-1-9-25-15)21-5-7-22(8-6-21)18(24)14-20-12-16-4-2-10-26-16/h15-16,19-20H,1-14H2/t15-,16+. The van der Waals surface area contributed by atoms with Gasteiger partial charge in [0, 0.05) is 52.5 Å². The van der Waals surface area contributed by atoms with Crippen LogP contribution < -0.4 is 10.6 Å². The van der Waals surface area contributed by atoms with E-state index in [1.807, 2.05) is 9.80 Å². The third-order valence-electron chi connectivity index (χ3n) is 5.33. The summed E-state index contributed by atoms with van der Waals surface area (Å²) in [5, 5.41) is 6.39. The second kappa shape index (κ2) is 10.2. The van der Waals surface area contributed by atoms with Gasteiger partial charge in [-0.3, -0.25) is 9.59 Å². The zero-order valence-electron chi connectivity index (χ0n) is 15.6. The first kappa shape index (κ1) is 19.5. The highest BCUT2D eigenvalue weighted by molar-refractivity contribution is 5.80. The molecule has 8 heteroatoms. The van der Waals surface area contributed by atoms with E-state index in [4.69, 9.17) is 9.47 Å². The summed E-state index contributed by atoms with van der Waals surface area (Å²) >= 11 is 0. The van der Waals surface area contributed by atoms with Crippen LogP contribution in [0.1, 0.15) is 25.7 Å². The van der Waals surface area contributed by atoms with Gasteiger partial charge in [-0.25, -0.2) is 0 Å². The Morgan fingerprint density at radius 3 is 1.54 bits per heavy atom. The van der Waals surface area contributed by atoms with Crippen molar-refractivity contribution in [3.05, 3.63) is 0 Å². The molecule has 3 rings (SSSR count). The minimum Gasteiger partial charge on any atom is -0.377 e. The van der Waals surface area contributed by atoms with E-state index >= 15 is 0 Å². The average Bonchev–Trinajstić information content (AvgIpc) is 3.36. The predicted molar refractivity (Wildman–Crippen MR) is 96.8 cm³/mol. The largest absolute Gasteiger partial charge is 0.377 e. The van der Waals surface area contributed by atoms with Gasteiger partial charge in [0.25, 0.3) is 0 Å². The Morgan fingerprint density at radius 1 is 0.769 bits per heavy atom. The molecule has 0 saturated carbocycles. The second-order valence-corrected chi connectivity index (χ2v) is 7.29. The molecule has 3 fully saturated rings. The smallest absolute Gasteiger partial charge is 0.236 e. The zero-order valence-corrected chi connectivity index (χ0v) is 15.6. The molecule has 3 heterocycles. The van der Waals surface area contributed by atoms with Crippen molar-refractivity contribution in [2.24, 2.45) is 0 Å². The molecule has 2 N–H and O–H groups in total. The summed E-state index contributed by atoms with van der Waals surface area (Å²) in [5.74, 6) is 0.207. The van der Waals surface area contributed by atoms with Gasteiger partial charge >= 0.3 is 0 Å². The molecule has 2 atom stereocenters. The monoisotopic (exact) mass is 368 g/mol. The minimum atomic E-state index is 0.103. The quantitative estimate of drug-likeness (QED) is 0.583. The summed E-state index contributed by atoms with van der Waals surface area (Å²) in [4.78, 5) is 28.2. The van der Waals surface area contributed by atoms with Gasteiger partial charge in [-0.15, -0.1) is 0 Å². The van der Waals surface area contributed by atoms with Gasteiger partial charge in [-0.1, -0.05) is 0 Å². The van der Waals surface area contributed by atoms with E-state index in [0.717, 1.165) is 52.0 Å². The number of ether oxygens (including phenoxy) is 2.